The van der Waals surface area contributed by atoms with Crippen molar-refractivity contribution in [3.05, 3.63) is 200 Å². The molecule has 0 fully saturated rings. The van der Waals surface area contributed by atoms with Gasteiger partial charge in [-0.2, -0.15) is 0 Å². The van der Waals surface area contributed by atoms with Gasteiger partial charge in [0.15, 0.2) is 17.5 Å². The summed E-state index contributed by atoms with van der Waals surface area (Å²) in [7, 11) is 0. The quantitative estimate of drug-likeness (QED) is 0.175. The van der Waals surface area contributed by atoms with Crippen LogP contribution >= 0.6 is 0 Å². The van der Waals surface area contributed by atoms with Crippen molar-refractivity contribution < 1.29 is 0 Å². The number of para-hydroxylation sites is 2. The number of benzene rings is 9. The highest BCUT2D eigenvalue weighted by molar-refractivity contribution is 6.26. The monoisotopic (exact) mass is 763 g/mol. The molecule has 278 valence electrons. The van der Waals surface area contributed by atoms with Crippen LogP contribution in [0.1, 0.15) is 0 Å². The molecule has 5 heteroatoms. The third-order valence-corrected chi connectivity index (χ3v) is 12.2. The molecule has 4 aromatic heterocycles. The maximum Gasteiger partial charge on any atom is 0.164 e. The molecule has 5 nitrogen and oxygen atoms in total. The molecule has 0 aliphatic carbocycles. The Morgan fingerprint density at radius 1 is 0.283 bits per heavy atom. The van der Waals surface area contributed by atoms with Crippen molar-refractivity contribution in [1.29, 1.82) is 0 Å². The molecule has 9 aromatic carbocycles. The molecule has 0 saturated heterocycles. The number of nitrogens with zero attached hydrogens (tertiary/aromatic N) is 5. The zero-order valence-electron chi connectivity index (χ0n) is 32.3. The molecule has 0 radical (unpaired) electrons. The van der Waals surface area contributed by atoms with Gasteiger partial charge in [-0.15, -0.1) is 0 Å². The molecule has 0 bridgehead atoms. The van der Waals surface area contributed by atoms with Crippen LogP contribution in [0.2, 0.25) is 0 Å². The molecular weight excluding hydrogens is 731 g/mol. The average molecular weight is 764 g/mol. The first-order valence-electron chi connectivity index (χ1n) is 20.4. The highest BCUT2D eigenvalue weighted by atomic mass is 15.0. The van der Waals surface area contributed by atoms with Gasteiger partial charge in [0.2, 0.25) is 0 Å². The molecule has 4 heterocycles. The van der Waals surface area contributed by atoms with Gasteiger partial charge in [0.05, 0.1) is 27.6 Å². The van der Waals surface area contributed by atoms with Crippen LogP contribution in [0.5, 0.6) is 0 Å². The predicted molar refractivity (Wildman–Crippen MR) is 248 cm³/mol. The lowest BCUT2D eigenvalue weighted by molar-refractivity contribution is 1.07. The third-order valence-electron chi connectivity index (χ3n) is 12.2. The van der Waals surface area contributed by atoms with Crippen molar-refractivity contribution in [2.45, 2.75) is 0 Å². The minimum Gasteiger partial charge on any atom is -0.309 e. The van der Waals surface area contributed by atoms with Gasteiger partial charge in [0.1, 0.15) is 0 Å². The minimum absolute atomic E-state index is 0.620. The Kier molecular flexibility index (Phi) is 6.95. The van der Waals surface area contributed by atoms with E-state index in [1.54, 1.807) is 0 Å². The van der Waals surface area contributed by atoms with Crippen molar-refractivity contribution in [1.82, 2.24) is 23.9 Å². The third kappa shape index (κ3) is 4.90. The molecule has 0 aliphatic rings. The van der Waals surface area contributed by atoms with Gasteiger partial charge in [-0.25, -0.2) is 15.0 Å². The standard InChI is InChI=1S/C55H33N5/c1-3-14-34(15-4-1)36-20-11-21-39(28-36)54-56-53(35-16-5-2-6-17-35)57-55(58-54)40-22-12-23-41(29-40)59-49-31-38-19-8-7-18-37(38)30-45(49)47-32-46-44-26-13-25-43-42-24-9-10-27-48(42)60(52(43)44)51(46)33-50(47)59/h1-33H. The Morgan fingerprint density at radius 2 is 0.800 bits per heavy atom. The summed E-state index contributed by atoms with van der Waals surface area (Å²) >= 11 is 0. The van der Waals surface area contributed by atoms with Crippen LogP contribution in [0.4, 0.5) is 0 Å². The molecule has 0 aliphatic heterocycles. The fraction of sp³-hybridized carbons (Fsp3) is 0. The summed E-state index contributed by atoms with van der Waals surface area (Å²) in [6, 6.07) is 71.4. The van der Waals surface area contributed by atoms with E-state index in [1.807, 2.05) is 24.3 Å². The lowest BCUT2D eigenvalue weighted by Crippen LogP contribution is -2.01. The first-order valence-corrected chi connectivity index (χ1v) is 20.4. The van der Waals surface area contributed by atoms with Crippen molar-refractivity contribution >= 4 is 70.7 Å². The second-order valence-corrected chi connectivity index (χ2v) is 15.7. The van der Waals surface area contributed by atoms with Crippen molar-refractivity contribution in [2.24, 2.45) is 0 Å². The lowest BCUT2D eigenvalue weighted by atomic mass is 10.0. The highest BCUT2D eigenvalue weighted by Gasteiger charge is 2.22. The van der Waals surface area contributed by atoms with E-state index in [9.17, 15) is 0 Å². The van der Waals surface area contributed by atoms with E-state index < -0.39 is 0 Å². The number of hydrogen-bond donors (Lipinski definition) is 0. The Bertz CT molecular complexity index is 3820. The van der Waals surface area contributed by atoms with Crippen LogP contribution in [0.15, 0.2) is 200 Å². The van der Waals surface area contributed by atoms with Gasteiger partial charge in [0, 0.05) is 54.7 Å². The summed E-state index contributed by atoms with van der Waals surface area (Å²) in [6.07, 6.45) is 0. The van der Waals surface area contributed by atoms with Crippen LogP contribution in [0.25, 0.3) is 122 Å². The van der Waals surface area contributed by atoms with Gasteiger partial charge in [-0.1, -0.05) is 152 Å². The van der Waals surface area contributed by atoms with E-state index in [2.05, 4.69) is 185 Å². The van der Waals surface area contributed by atoms with Crippen LogP contribution in [-0.2, 0) is 0 Å². The Morgan fingerprint density at radius 3 is 1.58 bits per heavy atom. The summed E-state index contributed by atoms with van der Waals surface area (Å²) in [5, 5.41) is 9.97. The number of hydrogen-bond acceptors (Lipinski definition) is 3. The first kappa shape index (κ1) is 32.9. The zero-order chi connectivity index (χ0) is 39.3. The lowest BCUT2D eigenvalue weighted by Gasteiger charge is -2.12. The summed E-state index contributed by atoms with van der Waals surface area (Å²) < 4.78 is 4.89. The number of fused-ring (bicyclic) bond motifs is 10. The van der Waals surface area contributed by atoms with Gasteiger partial charge in [0.25, 0.3) is 0 Å². The number of aromatic nitrogens is 5. The Hall–Kier alpha value is -8.15. The largest absolute Gasteiger partial charge is 0.309 e. The van der Waals surface area contributed by atoms with Crippen molar-refractivity contribution in [3.8, 4) is 51.0 Å². The van der Waals surface area contributed by atoms with E-state index in [0.29, 0.717) is 17.5 Å². The van der Waals surface area contributed by atoms with Crippen LogP contribution in [-0.4, -0.2) is 23.9 Å². The molecule has 0 atom stereocenters. The predicted octanol–water partition coefficient (Wildman–Crippen LogP) is 13.9. The maximum absolute atomic E-state index is 5.20. The molecule has 0 spiro atoms. The second kappa shape index (κ2) is 12.7. The molecule has 0 saturated carbocycles. The van der Waals surface area contributed by atoms with Gasteiger partial charge in [-0.05, 0) is 70.4 Å². The molecular formula is C55H33N5. The first-order chi connectivity index (χ1) is 29.7. The topological polar surface area (TPSA) is 48.0 Å². The van der Waals surface area contributed by atoms with E-state index >= 15 is 0 Å². The SMILES string of the molecule is c1ccc(-c2cccc(-c3nc(-c4ccccc4)nc(-c4cccc(-n5c6cc7ccccc7cc6c6cc7c8cccc9c%10ccccc%10n(c7cc65)c98)c4)n3)c2)cc1. The van der Waals surface area contributed by atoms with Crippen molar-refractivity contribution in [3.63, 3.8) is 0 Å². The minimum atomic E-state index is 0.620. The second-order valence-electron chi connectivity index (χ2n) is 15.7. The fourth-order valence-corrected chi connectivity index (χ4v) is 9.50. The Balaban J connectivity index is 1.06. The van der Waals surface area contributed by atoms with Gasteiger partial charge in [-0.3, -0.25) is 0 Å². The Labute approximate surface area is 344 Å². The van der Waals surface area contributed by atoms with E-state index in [4.69, 9.17) is 15.0 Å². The molecule has 0 amide bonds. The van der Waals surface area contributed by atoms with Gasteiger partial charge < -0.3 is 8.97 Å². The maximum atomic E-state index is 5.20. The molecule has 0 unspecified atom stereocenters. The molecule has 0 N–H and O–H groups in total. The normalized spacial score (nSPS) is 12.0. The van der Waals surface area contributed by atoms with Crippen LogP contribution in [0.3, 0.4) is 0 Å². The fourth-order valence-electron chi connectivity index (χ4n) is 9.50. The molecule has 13 aromatic rings. The number of rotatable bonds is 5. The summed E-state index contributed by atoms with van der Waals surface area (Å²) in [5.74, 6) is 1.88. The molecule has 13 rings (SSSR count). The van der Waals surface area contributed by atoms with E-state index in [1.165, 1.54) is 59.6 Å². The summed E-state index contributed by atoms with van der Waals surface area (Å²) in [6.45, 7) is 0. The zero-order valence-corrected chi connectivity index (χ0v) is 32.3. The van der Waals surface area contributed by atoms with Crippen LogP contribution in [0, 0.1) is 0 Å². The van der Waals surface area contributed by atoms with Crippen molar-refractivity contribution in [2.75, 3.05) is 0 Å². The van der Waals surface area contributed by atoms with Crippen LogP contribution < -0.4 is 0 Å². The smallest absolute Gasteiger partial charge is 0.164 e. The van der Waals surface area contributed by atoms with E-state index in [-0.39, 0.29) is 0 Å². The molecule has 60 heavy (non-hydrogen) atoms. The summed E-state index contributed by atoms with van der Waals surface area (Å²) in [5.41, 5.74) is 12.1. The highest BCUT2D eigenvalue weighted by Crippen LogP contribution is 2.43. The van der Waals surface area contributed by atoms with Gasteiger partial charge >= 0.3 is 0 Å². The van der Waals surface area contributed by atoms with E-state index in [0.717, 1.165) is 44.5 Å². The summed E-state index contributed by atoms with van der Waals surface area (Å²) in [4.78, 5) is 15.4. The average Bonchev–Trinajstić information content (AvgIpc) is 3.95.